The van der Waals surface area contributed by atoms with Crippen LogP contribution in [0.25, 0.3) is 0 Å². The predicted molar refractivity (Wildman–Crippen MR) is 92.7 cm³/mol. The molecule has 4 heteroatoms. The lowest BCUT2D eigenvalue weighted by atomic mass is 9.88. The number of benzene rings is 2. The van der Waals surface area contributed by atoms with Crippen molar-refractivity contribution < 1.29 is 15.0 Å². The fraction of sp³-hybridized carbons (Fsp3) is 0.350. The van der Waals surface area contributed by atoms with Crippen LogP contribution < -0.4 is 0 Å². The summed E-state index contributed by atoms with van der Waals surface area (Å²) in [6, 6.07) is 20.6. The number of carbonyl (C=O) groups is 1. The Morgan fingerprint density at radius 3 is 2.04 bits per heavy atom. The van der Waals surface area contributed by atoms with Crippen LogP contribution in [0, 0.1) is 5.92 Å². The van der Waals surface area contributed by atoms with E-state index in [1.165, 1.54) is 11.1 Å². The van der Waals surface area contributed by atoms with Gasteiger partial charge in [-0.3, -0.25) is 9.69 Å². The third kappa shape index (κ3) is 3.83. The molecule has 1 saturated heterocycles. The van der Waals surface area contributed by atoms with Gasteiger partial charge in [-0.25, -0.2) is 0 Å². The molecule has 3 rings (SSSR count). The molecule has 2 N–H and O–H groups in total. The second-order valence-electron chi connectivity index (χ2n) is 6.43. The Bertz CT molecular complexity index is 620. The number of carboxylic acids is 1. The molecular formula is C20H23NO3. The maximum atomic E-state index is 10.9. The van der Waals surface area contributed by atoms with Crippen LogP contribution in [0.4, 0.5) is 0 Å². The van der Waals surface area contributed by atoms with Gasteiger partial charge in [0.05, 0.1) is 18.6 Å². The second kappa shape index (κ2) is 7.60. The van der Waals surface area contributed by atoms with E-state index in [9.17, 15) is 9.90 Å². The van der Waals surface area contributed by atoms with Crippen molar-refractivity contribution in [1.82, 2.24) is 4.90 Å². The molecule has 0 bridgehead atoms. The van der Waals surface area contributed by atoms with Gasteiger partial charge in [-0.2, -0.15) is 0 Å². The molecule has 0 radical (unpaired) electrons. The van der Waals surface area contributed by atoms with Crippen molar-refractivity contribution in [2.24, 2.45) is 5.92 Å². The fourth-order valence-electron chi connectivity index (χ4n) is 3.59. The van der Waals surface area contributed by atoms with Gasteiger partial charge in [0, 0.05) is 6.54 Å². The SMILES string of the molecule is O=C(O)CC1CCN(C(c2ccccc2)c2ccccc2)CC1O. The summed E-state index contributed by atoms with van der Waals surface area (Å²) in [5.41, 5.74) is 2.38. The maximum Gasteiger partial charge on any atom is 0.303 e. The van der Waals surface area contributed by atoms with Crippen LogP contribution in [0.15, 0.2) is 60.7 Å². The smallest absolute Gasteiger partial charge is 0.303 e. The van der Waals surface area contributed by atoms with Gasteiger partial charge in [0.1, 0.15) is 0 Å². The molecule has 1 fully saturated rings. The Morgan fingerprint density at radius 2 is 1.58 bits per heavy atom. The van der Waals surface area contributed by atoms with Crippen LogP contribution in [-0.4, -0.2) is 40.3 Å². The largest absolute Gasteiger partial charge is 0.481 e. The lowest BCUT2D eigenvalue weighted by Crippen LogP contribution is -2.46. The number of rotatable bonds is 5. The van der Waals surface area contributed by atoms with E-state index < -0.39 is 12.1 Å². The summed E-state index contributed by atoms with van der Waals surface area (Å²) in [5.74, 6) is -0.999. The molecule has 0 saturated carbocycles. The third-order valence-electron chi connectivity index (χ3n) is 4.79. The standard InChI is InChI=1S/C20H23NO3/c22-18-14-21(12-11-17(18)13-19(23)24)20(15-7-3-1-4-8-15)16-9-5-2-6-10-16/h1-10,17-18,20,22H,11-14H2,(H,23,24). The molecule has 126 valence electrons. The van der Waals surface area contributed by atoms with Crippen molar-refractivity contribution in [3.8, 4) is 0 Å². The molecule has 2 aromatic carbocycles. The summed E-state index contributed by atoms with van der Waals surface area (Å²) in [6.45, 7) is 1.27. The number of piperidine rings is 1. The molecule has 1 heterocycles. The molecule has 0 amide bonds. The summed E-state index contributed by atoms with van der Waals surface area (Å²) >= 11 is 0. The number of aliphatic carboxylic acids is 1. The van der Waals surface area contributed by atoms with E-state index in [2.05, 4.69) is 29.2 Å². The van der Waals surface area contributed by atoms with Gasteiger partial charge in [0.25, 0.3) is 0 Å². The molecule has 24 heavy (non-hydrogen) atoms. The first-order valence-electron chi connectivity index (χ1n) is 8.39. The Labute approximate surface area is 142 Å². The summed E-state index contributed by atoms with van der Waals surface area (Å²) in [4.78, 5) is 13.2. The van der Waals surface area contributed by atoms with Crippen molar-refractivity contribution in [3.63, 3.8) is 0 Å². The monoisotopic (exact) mass is 325 g/mol. The van der Waals surface area contributed by atoms with Crippen LogP contribution in [0.5, 0.6) is 0 Å². The van der Waals surface area contributed by atoms with Gasteiger partial charge >= 0.3 is 5.97 Å². The van der Waals surface area contributed by atoms with Gasteiger partial charge in [0.15, 0.2) is 0 Å². The molecule has 1 aliphatic rings. The third-order valence-corrected chi connectivity index (χ3v) is 4.79. The number of β-amino-alcohol motifs (C(OH)–C–C–N with tert-alkyl or cyclic N) is 1. The van der Waals surface area contributed by atoms with Crippen molar-refractivity contribution in [3.05, 3.63) is 71.8 Å². The lowest BCUT2D eigenvalue weighted by Gasteiger charge is -2.40. The zero-order valence-electron chi connectivity index (χ0n) is 13.6. The van der Waals surface area contributed by atoms with E-state index in [1.807, 2.05) is 36.4 Å². The zero-order valence-corrected chi connectivity index (χ0v) is 13.6. The molecule has 2 aromatic rings. The molecule has 2 atom stereocenters. The van der Waals surface area contributed by atoms with E-state index in [0.717, 1.165) is 6.54 Å². The van der Waals surface area contributed by atoms with Crippen LogP contribution in [0.3, 0.4) is 0 Å². The summed E-state index contributed by atoms with van der Waals surface area (Å²) < 4.78 is 0. The second-order valence-corrected chi connectivity index (χ2v) is 6.43. The fourth-order valence-corrected chi connectivity index (χ4v) is 3.59. The highest BCUT2D eigenvalue weighted by Crippen LogP contribution is 2.33. The van der Waals surface area contributed by atoms with E-state index in [-0.39, 0.29) is 18.4 Å². The van der Waals surface area contributed by atoms with Crippen molar-refractivity contribution in [1.29, 1.82) is 0 Å². The number of likely N-dealkylation sites (tertiary alicyclic amines) is 1. The molecule has 0 spiro atoms. The van der Waals surface area contributed by atoms with Crippen LogP contribution in [0.2, 0.25) is 0 Å². The Hall–Kier alpha value is -2.17. The lowest BCUT2D eigenvalue weighted by molar-refractivity contribution is -0.140. The highest BCUT2D eigenvalue weighted by atomic mass is 16.4. The predicted octanol–water partition coefficient (Wildman–Crippen LogP) is 2.93. The number of hydrogen-bond donors (Lipinski definition) is 2. The number of hydrogen-bond acceptors (Lipinski definition) is 3. The highest BCUT2D eigenvalue weighted by molar-refractivity contribution is 5.67. The molecule has 1 aliphatic heterocycles. The van der Waals surface area contributed by atoms with Crippen molar-refractivity contribution in [2.75, 3.05) is 13.1 Å². The maximum absolute atomic E-state index is 10.9. The quantitative estimate of drug-likeness (QED) is 0.887. The van der Waals surface area contributed by atoms with E-state index in [4.69, 9.17) is 5.11 Å². The number of aliphatic hydroxyl groups is 1. The number of aliphatic hydroxyl groups excluding tert-OH is 1. The summed E-state index contributed by atoms with van der Waals surface area (Å²) in [6.07, 6.45) is 0.129. The first kappa shape index (κ1) is 16.7. The van der Waals surface area contributed by atoms with Crippen molar-refractivity contribution >= 4 is 5.97 Å². The van der Waals surface area contributed by atoms with Gasteiger partial charge in [-0.15, -0.1) is 0 Å². The minimum absolute atomic E-state index is 0.0380. The van der Waals surface area contributed by atoms with E-state index in [1.54, 1.807) is 0 Å². The van der Waals surface area contributed by atoms with Gasteiger partial charge in [-0.1, -0.05) is 60.7 Å². The Balaban J connectivity index is 1.84. The summed E-state index contributed by atoms with van der Waals surface area (Å²) in [7, 11) is 0. The normalized spacial score (nSPS) is 21.8. The van der Waals surface area contributed by atoms with Crippen LogP contribution in [0.1, 0.15) is 30.0 Å². The van der Waals surface area contributed by atoms with Gasteiger partial charge < -0.3 is 10.2 Å². The van der Waals surface area contributed by atoms with E-state index >= 15 is 0 Å². The molecule has 0 aliphatic carbocycles. The molecule has 0 aromatic heterocycles. The zero-order chi connectivity index (χ0) is 16.9. The van der Waals surface area contributed by atoms with Crippen LogP contribution >= 0.6 is 0 Å². The van der Waals surface area contributed by atoms with Gasteiger partial charge in [-0.05, 0) is 30.0 Å². The topological polar surface area (TPSA) is 60.8 Å². The van der Waals surface area contributed by atoms with Crippen molar-refractivity contribution in [2.45, 2.75) is 25.0 Å². The first-order chi connectivity index (χ1) is 11.6. The Kier molecular flexibility index (Phi) is 5.28. The molecule has 2 unspecified atom stereocenters. The van der Waals surface area contributed by atoms with Gasteiger partial charge in [0.2, 0.25) is 0 Å². The average molecular weight is 325 g/mol. The Morgan fingerprint density at radius 1 is 1.04 bits per heavy atom. The number of carboxylic acid groups (broad SMARTS) is 1. The molecular weight excluding hydrogens is 302 g/mol. The van der Waals surface area contributed by atoms with E-state index in [0.29, 0.717) is 13.0 Å². The highest BCUT2D eigenvalue weighted by Gasteiger charge is 2.33. The average Bonchev–Trinajstić information content (AvgIpc) is 2.59. The number of nitrogens with zero attached hydrogens (tertiary/aromatic N) is 1. The molecule has 4 nitrogen and oxygen atoms in total. The minimum atomic E-state index is -0.838. The van der Waals surface area contributed by atoms with Crippen LogP contribution in [-0.2, 0) is 4.79 Å². The summed E-state index contributed by atoms with van der Waals surface area (Å²) in [5, 5.41) is 19.4. The first-order valence-corrected chi connectivity index (χ1v) is 8.39. The minimum Gasteiger partial charge on any atom is -0.481 e.